The van der Waals surface area contributed by atoms with Crippen molar-refractivity contribution >= 4 is 23.6 Å². The predicted molar refractivity (Wildman–Crippen MR) is 124 cm³/mol. The van der Waals surface area contributed by atoms with E-state index in [-0.39, 0.29) is 12.1 Å². The van der Waals surface area contributed by atoms with Crippen molar-refractivity contribution < 1.29 is 4.74 Å². The van der Waals surface area contributed by atoms with Crippen molar-refractivity contribution in [1.29, 1.82) is 0 Å². The molecule has 4 nitrogen and oxygen atoms in total. The number of nitrogens with zero attached hydrogens (tertiary/aromatic N) is 3. The van der Waals surface area contributed by atoms with Gasteiger partial charge in [0.15, 0.2) is 0 Å². The van der Waals surface area contributed by atoms with E-state index in [0.29, 0.717) is 5.92 Å². The molecule has 0 amide bonds. The number of hydrogen-bond donors (Lipinski definition) is 0. The number of hydrogen-bond acceptors (Lipinski definition) is 4. The molecule has 1 saturated heterocycles. The number of pyridine rings is 1. The second-order valence-electron chi connectivity index (χ2n) is 8.45. The lowest BCUT2D eigenvalue weighted by molar-refractivity contribution is 0.0633. The van der Waals surface area contributed by atoms with E-state index in [2.05, 4.69) is 61.3 Å². The van der Waals surface area contributed by atoms with Gasteiger partial charge in [0.1, 0.15) is 0 Å². The van der Waals surface area contributed by atoms with Gasteiger partial charge in [-0.2, -0.15) is 0 Å². The summed E-state index contributed by atoms with van der Waals surface area (Å²) in [4.78, 5) is 14.0. The average molecular weight is 398 g/mol. The highest BCUT2D eigenvalue weighted by atomic mass is 16.5. The Morgan fingerprint density at radius 2 is 1.73 bits per heavy atom. The van der Waals surface area contributed by atoms with Crippen LogP contribution in [0.2, 0.25) is 0 Å². The summed E-state index contributed by atoms with van der Waals surface area (Å²) in [6.45, 7) is 5.98. The highest BCUT2D eigenvalue weighted by molar-refractivity contribution is 6.13. The fraction of sp³-hybridized carbons (Fsp3) is 0.346. The van der Waals surface area contributed by atoms with Crippen LogP contribution in [0.25, 0.3) is 22.4 Å². The molecule has 4 heterocycles. The molecular formula is C26H27N3O. The van der Waals surface area contributed by atoms with Gasteiger partial charge in [-0.1, -0.05) is 30.4 Å². The van der Waals surface area contributed by atoms with E-state index in [1.54, 1.807) is 0 Å². The second kappa shape index (κ2) is 8.11. The van der Waals surface area contributed by atoms with Crippen molar-refractivity contribution in [3.8, 4) is 11.3 Å². The Morgan fingerprint density at radius 1 is 0.933 bits per heavy atom. The van der Waals surface area contributed by atoms with Gasteiger partial charge in [0.2, 0.25) is 0 Å². The molecule has 30 heavy (non-hydrogen) atoms. The largest absolute Gasteiger partial charge is 0.381 e. The van der Waals surface area contributed by atoms with Crippen LogP contribution < -0.4 is 0 Å². The Morgan fingerprint density at radius 3 is 2.50 bits per heavy atom. The van der Waals surface area contributed by atoms with E-state index in [9.17, 15) is 0 Å². The van der Waals surface area contributed by atoms with E-state index < -0.39 is 0 Å². The molecule has 4 heteroatoms. The molecule has 2 aromatic rings. The minimum Gasteiger partial charge on any atom is -0.381 e. The second-order valence-corrected chi connectivity index (χ2v) is 8.45. The zero-order chi connectivity index (χ0) is 20.5. The third kappa shape index (κ3) is 3.80. The van der Waals surface area contributed by atoms with Crippen molar-refractivity contribution in [3.63, 3.8) is 0 Å². The van der Waals surface area contributed by atoms with Gasteiger partial charge < -0.3 is 4.74 Å². The van der Waals surface area contributed by atoms with Crippen LogP contribution in [0.4, 0.5) is 0 Å². The van der Waals surface area contributed by atoms with Crippen molar-refractivity contribution in [1.82, 2.24) is 4.98 Å². The molecule has 0 bridgehead atoms. The zero-order valence-electron chi connectivity index (χ0n) is 17.6. The SMILES string of the molecule is Cc1cc(-c2cccc(C3=CC(C)N=C3)c2)ncc1C1=CC(C2CCOCC2)N=C1. The number of aryl methyl sites for hydroxylation is 1. The van der Waals surface area contributed by atoms with Crippen LogP contribution in [0.5, 0.6) is 0 Å². The number of aromatic nitrogens is 1. The summed E-state index contributed by atoms with van der Waals surface area (Å²) in [6.07, 6.45) is 12.7. The van der Waals surface area contributed by atoms with Crippen molar-refractivity contribution in [2.45, 2.75) is 38.8 Å². The van der Waals surface area contributed by atoms with Crippen LogP contribution in [0.15, 0.2) is 58.7 Å². The maximum Gasteiger partial charge on any atom is 0.0719 e. The fourth-order valence-electron chi connectivity index (χ4n) is 4.50. The lowest BCUT2D eigenvalue weighted by atomic mass is 9.91. The summed E-state index contributed by atoms with van der Waals surface area (Å²) in [7, 11) is 0. The third-order valence-electron chi connectivity index (χ3n) is 6.27. The first kappa shape index (κ1) is 19.1. The third-order valence-corrected chi connectivity index (χ3v) is 6.27. The molecule has 0 aliphatic carbocycles. The summed E-state index contributed by atoms with van der Waals surface area (Å²) >= 11 is 0. The van der Waals surface area contributed by atoms with E-state index in [0.717, 1.165) is 37.3 Å². The first-order valence-corrected chi connectivity index (χ1v) is 10.8. The van der Waals surface area contributed by atoms with E-state index >= 15 is 0 Å². The number of rotatable bonds is 4. The van der Waals surface area contributed by atoms with Crippen LogP contribution in [0.1, 0.15) is 36.5 Å². The molecule has 2 unspecified atom stereocenters. The Bertz CT molecular complexity index is 1070. The smallest absolute Gasteiger partial charge is 0.0719 e. The van der Waals surface area contributed by atoms with Gasteiger partial charge in [0.25, 0.3) is 0 Å². The van der Waals surface area contributed by atoms with E-state index in [1.165, 1.54) is 27.8 Å². The first-order valence-electron chi connectivity index (χ1n) is 10.8. The van der Waals surface area contributed by atoms with Crippen LogP contribution in [0, 0.1) is 12.8 Å². The van der Waals surface area contributed by atoms with Gasteiger partial charge in [-0.25, -0.2) is 0 Å². The predicted octanol–water partition coefficient (Wildman–Crippen LogP) is 5.18. The van der Waals surface area contributed by atoms with Gasteiger partial charge in [-0.3, -0.25) is 15.0 Å². The van der Waals surface area contributed by atoms with Crippen LogP contribution in [-0.4, -0.2) is 42.7 Å². The molecule has 0 N–H and O–H groups in total. The van der Waals surface area contributed by atoms with Crippen LogP contribution in [-0.2, 0) is 4.74 Å². The minimum absolute atomic E-state index is 0.259. The van der Waals surface area contributed by atoms with Crippen molar-refractivity contribution in [2.75, 3.05) is 13.2 Å². The molecule has 3 aliphatic heterocycles. The number of allylic oxidation sites excluding steroid dienone is 2. The maximum atomic E-state index is 5.50. The lowest BCUT2D eigenvalue weighted by Gasteiger charge is -2.24. The molecular weight excluding hydrogens is 370 g/mol. The summed E-state index contributed by atoms with van der Waals surface area (Å²) in [5, 5.41) is 0. The normalized spacial score (nSPS) is 23.7. The summed E-state index contributed by atoms with van der Waals surface area (Å²) in [6, 6.07) is 11.3. The highest BCUT2D eigenvalue weighted by Crippen LogP contribution is 2.31. The molecule has 0 spiro atoms. The van der Waals surface area contributed by atoms with Gasteiger partial charge in [-0.05, 0) is 67.0 Å². The van der Waals surface area contributed by atoms with Gasteiger partial charge >= 0.3 is 0 Å². The molecule has 1 fully saturated rings. The number of aliphatic imine (C=N–C) groups is 2. The molecule has 152 valence electrons. The van der Waals surface area contributed by atoms with Gasteiger partial charge in [-0.15, -0.1) is 0 Å². The quantitative estimate of drug-likeness (QED) is 0.714. The zero-order valence-corrected chi connectivity index (χ0v) is 17.6. The topological polar surface area (TPSA) is 46.8 Å². The molecule has 0 radical (unpaired) electrons. The number of ether oxygens (including phenoxy) is 1. The summed E-state index contributed by atoms with van der Waals surface area (Å²) < 4.78 is 5.50. The molecule has 5 rings (SSSR count). The van der Waals surface area contributed by atoms with Crippen LogP contribution in [0.3, 0.4) is 0 Å². The fourth-order valence-corrected chi connectivity index (χ4v) is 4.50. The van der Waals surface area contributed by atoms with Gasteiger partial charge in [0, 0.05) is 43.0 Å². The molecule has 3 aliphatic rings. The highest BCUT2D eigenvalue weighted by Gasteiger charge is 2.25. The Hall–Kier alpha value is -2.85. The van der Waals surface area contributed by atoms with Crippen LogP contribution >= 0.6 is 0 Å². The summed E-state index contributed by atoms with van der Waals surface area (Å²) in [5.41, 5.74) is 8.10. The van der Waals surface area contributed by atoms with Crippen molar-refractivity contribution in [2.24, 2.45) is 15.9 Å². The van der Waals surface area contributed by atoms with Crippen molar-refractivity contribution in [3.05, 3.63) is 65.4 Å². The maximum absolute atomic E-state index is 5.50. The molecule has 1 aromatic carbocycles. The van der Waals surface area contributed by atoms with Gasteiger partial charge in [0.05, 0.1) is 17.8 Å². The standard InChI is InChI=1S/C26H27N3O/c1-17-10-25(21-5-3-4-20(12-21)22-11-18(2)27-14-22)29-16-24(17)23-13-26(28-15-23)19-6-8-30-9-7-19/h3-5,10-16,18-19,26H,6-9H2,1-2H3. The van der Waals surface area contributed by atoms with E-state index in [4.69, 9.17) is 14.7 Å². The number of benzene rings is 1. The average Bonchev–Trinajstić information content (AvgIpc) is 3.44. The Kier molecular flexibility index (Phi) is 5.17. The lowest BCUT2D eigenvalue weighted by Crippen LogP contribution is -2.23. The molecule has 2 atom stereocenters. The monoisotopic (exact) mass is 397 g/mol. The molecule has 1 aromatic heterocycles. The molecule has 0 saturated carbocycles. The Labute approximate surface area is 178 Å². The summed E-state index contributed by atoms with van der Waals surface area (Å²) in [5.74, 6) is 0.596. The Balaban J connectivity index is 1.39. The minimum atomic E-state index is 0.259. The first-order chi connectivity index (χ1) is 14.7. The van der Waals surface area contributed by atoms with E-state index in [1.807, 2.05) is 18.6 Å².